The van der Waals surface area contributed by atoms with E-state index in [4.69, 9.17) is 0 Å². The fourth-order valence-corrected chi connectivity index (χ4v) is 1.70. The highest BCUT2D eigenvalue weighted by molar-refractivity contribution is 5.80. The van der Waals surface area contributed by atoms with Crippen LogP contribution in [-0.4, -0.2) is 17.4 Å². The van der Waals surface area contributed by atoms with Gasteiger partial charge in [0.25, 0.3) is 0 Å². The zero-order valence-electron chi connectivity index (χ0n) is 10.9. The molecule has 2 rings (SSSR count). The standard InChI is InChI=1S/C15H17N3O/c1-12-4-2-6-14(8-12)17-11-15(19)18-10-13-5-3-7-16-9-13/h2-9,17H,10-11H2,1H3,(H,18,19). The van der Waals surface area contributed by atoms with Gasteiger partial charge in [-0.15, -0.1) is 0 Å². The van der Waals surface area contributed by atoms with Crippen LogP contribution in [0.3, 0.4) is 0 Å². The minimum Gasteiger partial charge on any atom is -0.376 e. The van der Waals surface area contributed by atoms with Gasteiger partial charge >= 0.3 is 0 Å². The lowest BCUT2D eigenvalue weighted by Gasteiger charge is -2.08. The Morgan fingerprint density at radius 3 is 2.89 bits per heavy atom. The van der Waals surface area contributed by atoms with Crippen molar-refractivity contribution in [1.29, 1.82) is 0 Å². The zero-order valence-corrected chi connectivity index (χ0v) is 10.9. The molecule has 0 aliphatic heterocycles. The Hall–Kier alpha value is -2.36. The molecule has 0 unspecified atom stereocenters. The van der Waals surface area contributed by atoms with Crippen LogP contribution in [0.5, 0.6) is 0 Å². The van der Waals surface area contributed by atoms with E-state index in [0.717, 1.165) is 11.3 Å². The molecule has 0 radical (unpaired) electrons. The first-order valence-corrected chi connectivity index (χ1v) is 6.20. The number of nitrogens with one attached hydrogen (secondary N) is 2. The van der Waals surface area contributed by atoms with E-state index in [2.05, 4.69) is 15.6 Å². The molecule has 0 fully saturated rings. The van der Waals surface area contributed by atoms with E-state index < -0.39 is 0 Å². The van der Waals surface area contributed by atoms with Gasteiger partial charge in [0.05, 0.1) is 6.54 Å². The third-order valence-electron chi connectivity index (χ3n) is 2.68. The molecule has 19 heavy (non-hydrogen) atoms. The molecular weight excluding hydrogens is 238 g/mol. The van der Waals surface area contributed by atoms with Gasteiger partial charge in [-0.1, -0.05) is 18.2 Å². The van der Waals surface area contributed by atoms with Gasteiger partial charge in [-0.25, -0.2) is 0 Å². The van der Waals surface area contributed by atoms with Gasteiger partial charge in [-0.3, -0.25) is 9.78 Å². The lowest BCUT2D eigenvalue weighted by Crippen LogP contribution is -2.29. The summed E-state index contributed by atoms with van der Waals surface area (Å²) >= 11 is 0. The molecule has 0 bridgehead atoms. The summed E-state index contributed by atoms with van der Waals surface area (Å²) in [6, 6.07) is 11.7. The predicted octanol–water partition coefficient (Wildman–Crippen LogP) is 2.12. The fraction of sp³-hybridized carbons (Fsp3) is 0.200. The first kappa shape index (κ1) is 13.1. The van der Waals surface area contributed by atoms with Crippen molar-refractivity contribution in [3.05, 3.63) is 59.9 Å². The van der Waals surface area contributed by atoms with Crippen molar-refractivity contribution in [1.82, 2.24) is 10.3 Å². The summed E-state index contributed by atoms with van der Waals surface area (Å²) in [6.07, 6.45) is 3.46. The number of amides is 1. The van der Waals surface area contributed by atoms with Gasteiger partial charge in [0.15, 0.2) is 0 Å². The number of hydrogen-bond donors (Lipinski definition) is 2. The molecule has 4 heteroatoms. The Morgan fingerprint density at radius 2 is 2.16 bits per heavy atom. The van der Waals surface area contributed by atoms with Crippen LogP contribution in [-0.2, 0) is 11.3 Å². The Bertz CT molecular complexity index is 540. The normalized spacial score (nSPS) is 9.95. The van der Waals surface area contributed by atoms with Gasteiger partial charge in [-0.05, 0) is 36.2 Å². The Kier molecular flexibility index (Phi) is 4.50. The lowest BCUT2D eigenvalue weighted by molar-refractivity contribution is -0.119. The molecule has 2 aromatic rings. The summed E-state index contributed by atoms with van der Waals surface area (Å²) in [7, 11) is 0. The largest absolute Gasteiger partial charge is 0.376 e. The molecule has 1 amide bonds. The first-order valence-electron chi connectivity index (χ1n) is 6.20. The quantitative estimate of drug-likeness (QED) is 0.860. The minimum absolute atomic E-state index is 0.0367. The van der Waals surface area contributed by atoms with Crippen LogP contribution < -0.4 is 10.6 Å². The molecule has 4 nitrogen and oxygen atoms in total. The smallest absolute Gasteiger partial charge is 0.239 e. The van der Waals surface area contributed by atoms with E-state index >= 15 is 0 Å². The molecule has 0 aliphatic rings. The molecule has 1 aromatic carbocycles. The highest BCUT2D eigenvalue weighted by Gasteiger charge is 2.01. The number of benzene rings is 1. The predicted molar refractivity (Wildman–Crippen MR) is 75.8 cm³/mol. The van der Waals surface area contributed by atoms with Gasteiger partial charge in [0.2, 0.25) is 5.91 Å². The van der Waals surface area contributed by atoms with E-state index in [1.165, 1.54) is 5.56 Å². The van der Waals surface area contributed by atoms with Gasteiger partial charge in [-0.2, -0.15) is 0 Å². The molecule has 1 aromatic heterocycles. The van der Waals surface area contributed by atoms with Gasteiger partial charge in [0, 0.05) is 24.6 Å². The highest BCUT2D eigenvalue weighted by Crippen LogP contribution is 2.08. The average Bonchev–Trinajstić information content (AvgIpc) is 2.44. The third-order valence-corrected chi connectivity index (χ3v) is 2.68. The first-order chi connectivity index (χ1) is 9.24. The molecule has 0 aliphatic carbocycles. The van der Waals surface area contributed by atoms with Crippen LogP contribution in [0.25, 0.3) is 0 Å². The number of carbonyl (C=O) groups excluding carboxylic acids is 1. The number of nitrogens with zero attached hydrogens (tertiary/aromatic N) is 1. The summed E-state index contributed by atoms with van der Waals surface area (Å²) in [5.74, 6) is -0.0367. The second-order valence-electron chi connectivity index (χ2n) is 4.36. The number of aromatic nitrogens is 1. The Balaban J connectivity index is 1.76. The summed E-state index contributed by atoms with van der Waals surface area (Å²) in [4.78, 5) is 15.7. The van der Waals surface area contributed by atoms with E-state index in [0.29, 0.717) is 6.54 Å². The van der Waals surface area contributed by atoms with Crippen LogP contribution in [0, 0.1) is 6.92 Å². The second-order valence-corrected chi connectivity index (χ2v) is 4.36. The summed E-state index contributed by atoms with van der Waals surface area (Å²) in [5, 5.41) is 5.94. The SMILES string of the molecule is Cc1cccc(NCC(=O)NCc2cccnc2)c1. The maximum atomic E-state index is 11.7. The minimum atomic E-state index is -0.0367. The maximum Gasteiger partial charge on any atom is 0.239 e. The van der Waals surface area contributed by atoms with Crippen LogP contribution in [0.2, 0.25) is 0 Å². The number of aryl methyl sites for hydroxylation is 1. The summed E-state index contributed by atoms with van der Waals surface area (Å²) in [5.41, 5.74) is 3.11. The number of carbonyl (C=O) groups is 1. The molecule has 0 atom stereocenters. The monoisotopic (exact) mass is 255 g/mol. The van der Waals surface area contributed by atoms with Crippen molar-refractivity contribution in [3.8, 4) is 0 Å². The van der Waals surface area contributed by atoms with Crippen LogP contribution in [0.15, 0.2) is 48.8 Å². The molecule has 0 spiro atoms. The average molecular weight is 255 g/mol. The van der Waals surface area contributed by atoms with Crippen LogP contribution in [0.1, 0.15) is 11.1 Å². The lowest BCUT2D eigenvalue weighted by atomic mass is 10.2. The van der Waals surface area contributed by atoms with E-state index in [1.54, 1.807) is 12.4 Å². The van der Waals surface area contributed by atoms with Crippen molar-refractivity contribution in [2.75, 3.05) is 11.9 Å². The van der Waals surface area contributed by atoms with Gasteiger partial charge < -0.3 is 10.6 Å². The maximum absolute atomic E-state index is 11.7. The van der Waals surface area contributed by atoms with Crippen LogP contribution in [0.4, 0.5) is 5.69 Å². The Labute approximate surface area is 112 Å². The number of anilines is 1. The third kappa shape index (κ3) is 4.43. The topological polar surface area (TPSA) is 54.0 Å². The zero-order chi connectivity index (χ0) is 13.5. The van der Waals surface area contributed by atoms with E-state index in [-0.39, 0.29) is 12.5 Å². The fourth-order valence-electron chi connectivity index (χ4n) is 1.70. The molecule has 2 N–H and O–H groups in total. The van der Waals surface area contributed by atoms with E-state index in [1.807, 2.05) is 43.3 Å². The van der Waals surface area contributed by atoms with Crippen molar-refractivity contribution in [2.45, 2.75) is 13.5 Å². The van der Waals surface area contributed by atoms with Gasteiger partial charge in [0.1, 0.15) is 0 Å². The molecule has 1 heterocycles. The van der Waals surface area contributed by atoms with Crippen LogP contribution >= 0.6 is 0 Å². The van der Waals surface area contributed by atoms with Crippen molar-refractivity contribution < 1.29 is 4.79 Å². The Morgan fingerprint density at radius 1 is 1.26 bits per heavy atom. The molecule has 0 saturated carbocycles. The second kappa shape index (κ2) is 6.54. The molecule has 98 valence electrons. The number of rotatable bonds is 5. The molecule has 0 saturated heterocycles. The van der Waals surface area contributed by atoms with Crippen molar-refractivity contribution >= 4 is 11.6 Å². The van der Waals surface area contributed by atoms with Crippen molar-refractivity contribution in [2.24, 2.45) is 0 Å². The number of pyridine rings is 1. The van der Waals surface area contributed by atoms with E-state index in [9.17, 15) is 4.79 Å². The van der Waals surface area contributed by atoms with Crippen molar-refractivity contribution in [3.63, 3.8) is 0 Å². The highest BCUT2D eigenvalue weighted by atomic mass is 16.1. The number of hydrogen-bond acceptors (Lipinski definition) is 3. The molecular formula is C15H17N3O. The summed E-state index contributed by atoms with van der Waals surface area (Å²) in [6.45, 7) is 2.79. The summed E-state index contributed by atoms with van der Waals surface area (Å²) < 4.78 is 0.